The molecule has 1 aliphatic heterocycles. The Morgan fingerprint density at radius 3 is 1.68 bits per heavy atom. The normalized spacial score (nSPS) is 14.1. The largest absolute Gasteiger partial charge is 0.359 e. The Morgan fingerprint density at radius 1 is 0.393 bits per heavy atom. The van der Waals surface area contributed by atoms with E-state index in [2.05, 4.69) is 209 Å². The monoisotopic (exact) mass is 714 g/mol. The fourth-order valence-corrected chi connectivity index (χ4v) is 9.26. The summed E-state index contributed by atoms with van der Waals surface area (Å²) in [6, 6.07) is 70.2. The lowest BCUT2D eigenvalue weighted by Gasteiger charge is -2.28. The molecule has 2 aromatic heterocycles. The molecule has 262 valence electrons. The van der Waals surface area contributed by atoms with Gasteiger partial charge in [0.25, 0.3) is 0 Å². The van der Waals surface area contributed by atoms with E-state index in [0.29, 0.717) is 0 Å². The molecular weight excluding hydrogens is 681 g/mol. The lowest BCUT2D eigenvalue weighted by atomic mass is 9.95. The Hall–Kier alpha value is -7.43. The molecule has 0 amide bonds. The van der Waals surface area contributed by atoms with Crippen LogP contribution >= 0.6 is 0 Å². The van der Waals surface area contributed by atoms with Crippen LogP contribution in [0.15, 0.2) is 199 Å². The zero-order valence-electron chi connectivity index (χ0n) is 30.4. The van der Waals surface area contributed by atoms with Crippen LogP contribution in [0.5, 0.6) is 0 Å². The summed E-state index contributed by atoms with van der Waals surface area (Å²) in [6.07, 6.45) is -0.287. The molecule has 0 fully saturated rings. The molecule has 56 heavy (non-hydrogen) atoms. The van der Waals surface area contributed by atoms with Crippen LogP contribution in [0, 0.1) is 0 Å². The average Bonchev–Trinajstić information content (AvgIpc) is 3.79. The first kappa shape index (κ1) is 31.0. The van der Waals surface area contributed by atoms with Crippen molar-refractivity contribution in [2.24, 2.45) is 4.99 Å². The van der Waals surface area contributed by atoms with Gasteiger partial charge in [0.05, 0.1) is 27.8 Å². The van der Waals surface area contributed by atoms with Gasteiger partial charge in [0.2, 0.25) is 0 Å². The number of hydrogen-bond acceptors (Lipinski definition) is 2. The number of hydrogen-bond donors (Lipinski definition) is 1. The Balaban J connectivity index is 1.15. The van der Waals surface area contributed by atoms with E-state index in [1.807, 2.05) is 0 Å². The molecule has 4 nitrogen and oxygen atoms in total. The summed E-state index contributed by atoms with van der Waals surface area (Å²) in [5, 5.41) is 13.6. The summed E-state index contributed by atoms with van der Waals surface area (Å²) < 4.78 is 4.81. The van der Waals surface area contributed by atoms with E-state index in [-0.39, 0.29) is 6.17 Å². The molecule has 0 spiro atoms. The van der Waals surface area contributed by atoms with E-state index in [1.165, 1.54) is 65.3 Å². The van der Waals surface area contributed by atoms with Gasteiger partial charge >= 0.3 is 0 Å². The number of fused-ring (bicyclic) bond motifs is 10. The van der Waals surface area contributed by atoms with Gasteiger partial charge in [0.15, 0.2) is 0 Å². The summed E-state index contributed by atoms with van der Waals surface area (Å²) in [5.74, 6) is 0.935. The number of para-hydroxylation sites is 3. The molecule has 9 aromatic carbocycles. The van der Waals surface area contributed by atoms with Crippen molar-refractivity contribution in [2.45, 2.75) is 6.17 Å². The Labute approximate surface area is 323 Å². The van der Waals surface area contributed by atoms with E-state index < -0.39 is 0 Å². The maximum Gasteiger partial charge on any atom is 0.147 e. The molecule has 0 saturated carbocycles. The van der Waals surface area contributed by atoms with Crippen molar-refractivity contribution < 1.29 is 0 Å². The van der Waals surface area contributed by atoms with Crippen LogP contribution in [-0.2, 0) is 0 Å². The second-order valence-corrected chi connectivity index (χ2v) is 14.8. The third kappa shape index (κ3) is 4.50. The minimum atomic E-state index is -0.287. The van der Waals surface area contributed by atoms with E-state index in [4.69, 9.17) is 4.99 Å². The predicted molar refractivity (Wildman–Crippen MR) is 235 cm³/mol. The molecule has 0 bridgehead atoms. The van der Waals surface area contributed by atoms with Crippen molar-refractivity contribution in [3.63, 3.8) is 0 Å². The molecule has 1 aliphatic rings. The van der Waals surface area contributed by atoms with Gasteiger partial charge in [-0.1, -0.05) is 146 Å². The van der Waals surface area contributed by atoms with E-state index in [0.717, 1.165) is 39.4 Å². The second kappa shape index (κ2) is 12.0. The number of nitrogens with zero attached hydrogens (tertiary/aromatic N) is 3. The summed E-state index contributed by atoms with van der Waals surface area (Å²) in [7, 11) is 0. The number of rotatable bonds is 3. The van der Waals surface area contributed by atoms with Gasteiger partial charge in [-0.3, -0.25) is 4.57 Å². The van der Waals surface area contributed by atoms with E-state index in [9.17, 15) is 0 Å². The highest BCUT2D eigenvalue weighted by molar-refractivity contribution is 6.26. The standard InChI is InChI=1S/C52H34N4/c1-2-17-37(18-3-1)55-44-24-10-8-20-41(44)48-39(22-12-26-46(48)55)40-23-13-27-47-49(40)42-21-9-11-25-45(42)56(47)52-43-31-30-34-15-6-7-19-38(34)50(43)53-51(54-52)36-29-28-33-14-4-5-16-35(33)32-36/h1-32,51,53H. The Bertz CT molecular complexity index is 3400. The maximum atomic E-state index is 5.65. The topological polar surface area (TPSA) is 34.2 Å². The first-order valence-electron chi connectivity index (χ1n) is 19.3. The van der Waals surface area contributed by atoms with Gasteiger partial charge in [-0.05, 0) is 81.4 Å². The maximum absolute atomic E-state index is 5.65. The molecule has 4 heteroatoms. The fraction of sp³-hybridized carbons (Fsp3) is 0.0192. The number of aromatic nitrogens is 2. The van der Waals surface area contributed by atoms with Crippen molar-refractivity contribution in [3.8, 4) is 16.8 Å². The van der Waals surface area contributed by atoms with Crippen LogP contribution < -0.4 is 5.32 Å². The molecule has 3 heterocycles. The first-order chi connectivity index (χ1) is 27.8. The number of benzene rings is 9. The number of anilines is 1. The van der Waals surface area contributed by atoms with Crippen molar-refractivity contribution >= 4 is 76.7 Å². The van der Waals surface area contributed by atoms with Gasteiger partial charge in [-0.25, -0.2) is 4.99 Å². The minimum Gasteiger partial charge on any atom is -0.359 e. The molecule has 1 unspecified atom stereocenters. The van der Waals surface area contributed by atoms with Crippen LogP contribution in [0.2, 0.25) is 0 Å². The summed E-state index contributed by atoms with van der Waals surface area (Å²) in [6.45, 7) is 0. The average molecular weight is 715 g/mol. The summed E-state index contributed by atoms with van der Waals surface area (Å²) in [5.41, 5.74) is 11.5. The fourth-order valence-electron chi connectivity index (χ4n) is 9.26. The van der Waals surface area contributed by atoms with Crippen molar-refractivity contribution in [2.75, 3.05) is 5.32 Å². The van der Waals surface area contributed by atoms with Gasteiger partial charge in [-0.15, -0.1) is 0 Å². The summed E-state index contributed by atoms with van der Waals surface area (Å²) in [4.78, 5) is 5.65. The molecule has 1 N–H and O–H groups in total. The van der Waals surface area contributed by atoms with E-state index in [1.54, 1.807) is 0 Å². The lowest BCUT2D eigenvalue weighted by Crippen LogP contribution is -2.25. The van der Waals surface area contributed by atoms with Crippen LogP contribution in [0.1, 0.15) is 17.3 Å². The van der Waals surface area contributed by atoms with Gasteiger partial charge in [0, 0.05) is 38.2 Å². The predicted octanol–water partition coefficient (Wildman–Crippen LogP) is 13.3. The van der Waals surface area contributed by atoms with Gasteiger partial charge in [0.1, 0.15) is 12.0 Å². The van der Waals surface area contributed by atoms with Gasteiger partial charge < -0.3 is 9.88 Å². The van der Waals surface area contributed by atoms with Crippen LogP contribution in [0.4, 0.5) is 5.69 Å². The highest BCUT2D eigenvalue weighted by Gasteiger charge is 2.28. The Kier molecular flexibility index (Phi) is 6.66. The molecule has 11 aromatic rings. The quantitative estimate of drug-likeness (QED) is 0.194. The highest BCUT2D eigenvalue weighted by atomic mass is 15.2. The van der Waals surface area contributed by atoms with Crippen molar-refractivity contribution in [1.82, 2.24) is 9.13 Å². The van der Waals surface area contributed by atoms with Crippen LogP contribution in [0.25, 0.3) is 82.0 Å². The number of nitrogens with one attached hydrogen (secondary N) is 1. The Morgan fingerprint density at radius 2 is 0.946 bits per heavy atom. The van der Waals surface area contributed by atoms with Gasteiger partial charge in [-0.2, -0.15) is 0 Å². The third-order valence-electron chi connectivity index (χ3n) is 11.7. The molecule has 0 saturated heterocycles. The second-order valence-electron chi connectivity index (χ2n) is 14.8. The molecule has 1 atom stereocenters. The smallest absolute Gasteiger partial charge is 0.147 e. The zero-order valence-corrected chi connectivity index (χ0v) is 30.4. The third-order valence-corrected chi connectivity index (χ3v) is 11.7. The SMILES string of the molecule is c1ccc(-n2c3ccccc3c3c(-c4cccc5c4c4ccccc4n5C4=NC(c5ccc6ccccc6c5)Nc5c4ccc4ccccc54)cccc32)cc1. The highest BCUT2D eigenvalue weighted by Crippen LogP contribution is 2.45. The lowest BCUT2D eigenvalue weighted by molar-refractivity contribution is 0.822. The molecule has 12 rings (SSSR count). The minimum absolute atomic E-state index is 0.287. The zero-order chi connectivity index (χ0) is 36.7. The van der Waals surface area contributed by atoms with Crippen LogP contribution in [-0.4, -0.2) is 15.0 Å². The molecule has 0 radical (unpaired) electrons. The molecule has 0 aliphatic carbocycles. The molecular formula is C52H34N4. The first-order valence-corrected chi connectivity index (χ1v) is 19.3. The summed E-state index contributed by atoms with van der Waals surface area (Å²) >= 11 is 0. The van der Waals surface area contributed by atoms with E-state index >= 15 is 0 Å². The van der Waals surface area contributed by atoms with Crippen molar-refractivity contribution in [3.05, 3.63) is 205 Å². The number of aliphatic imine (C=N–C) groups is 1. The van der Waals surface area contributed by atoms with Crippen LogP contribution in [0.3, 0.4) is 0 Å². The van der Waals surface area contributed by atoms with Crippen molar-refractivity contribution in [1.29, 1.82) is 0 Å².